The Morgan fingerprint density at radius 2 is 2.40 bits per heavy atom. The highest BCUT2D eigenvalue weighted by atomic mass is 16.6. The van der Waals surface area contributed by atoms with E-state index in [4.69, 9.17) is 0 Å². The van der Waals surface area contributed by atoms with Gasteiger partial charge in [-0.2, -0.15) is 5.11 Å². The van der Waals surface area contributed by atoms with Crippen LogP contribution in [0.1, 0.15) is 12.0 Å². The normalized spacial score (nSPS) is 13.0. The lowest BCUT2D eigenvalue weighted by Gasteiger charge is -2.02. The maximum Gasteiger partial charge on any atom is 0.234 e. The number of pyridine rings is 1. The summed E-state index contributed by atoms with van der Waals surface area (Å²) in [6.45, 7) is 0. The highest BCUT2D eigenvalue weighted by Gasteiger charge is 2.06. The van der Waals surface area contributed by atoms with Crippen molar-refractivity contribution in [2.75, 3.05) is 7.11 Å². The zero-order chi connectivity index (χ0) is 7.40. The average molecular weight is 138 g/mol. The van der Waals surface area contributed by atoms with E-state index in [-0.39, 0.29) is 0 Å². The van der Waals surface area contributed by atoms with Gasteiger partial charge in [-0.15, -0.1) is 0 Å². The van der Waals surface area contributed by atoms with Crippen LogP contribution in [0.15, 0.2) is 24.4 Å². The first-order valence-electron chi connectivity index (χ1n) is 2.94. The smallest absolute Gasteiger partial charge is 0.234 e. The lowest BCUT2D eigenvalue weighted by Crippen LogP contribution is -1.99. The van der Waals surface area contributed by atoms with Crippen LogP contribution >= 0.6 is 0 Å². The molecule has 3 heteroatoms. The molecule has 0 aliphatic rings. The number of methoxy groups -OCH3 is 1. The minimum Gasteiger partial charge on any atom is -0.348 e. The van der Waals surface area contributed by atoms with Gasteiger partial charge in [0.2, 0.25) is 6.29 Å². The second-order valence-electron chi connectivity index (χ2n) is 1.82. The molecule has 0 spiro atoms. The van der Waals surface area contributed by atoms with Crippen LogP contribution < -0.4 is 0 Å². The molecule has 1 rings (SSSR count). The molecule has 3 nitrogen and oxygen atoms in total. The second kappa shape index (κ2) is 3.29. The van der Waals surface area contributed by atoms with Gasteiger partial charge in [-0.05, 0) is 12.1 Å². The van der Waals surface area contributed by atoms with Gasteiger partial charge in [-0.25, -0.2) is 0 Å². The Bertz CT molecular complexity index is 188. The van der Waals surface area contributed by atoms with Gasteiger partial charge >= 0.3 is 0 Å². The third kappa shape index (κ3) is 1.52. The van der Waals surface area contributed by atoms with Gasteiger partial charge in [-0.3, -0.25) is 4.98 Å². The summed E-state index contributed by atoms with van der Waals surface area (Å²) in [7, 11) is 1.37. The molecule has 1 aromatic rings. The molecule has 10 heavy (non-hydrogen) atoms. The van der Waals surface area contributed by atoms with Crippen molar-refractivity contribution in [2.45, 2.75) is 6.29 Å². The molecule has 1 unspecified atom stereocenters. The minimum absolute atomic E-state index is 0.421. The molecule has 1 radical (unpaired) electrons. The highest BCUT2D eigenvalue weighted by Crippen LogP contribution is 2.08. The Hall–Kier alpha value is -0.930. The molecule has 1 aromatic heterocycles. The molecule has 0 bridgehead atoms. The SMILES string of the molecule is COC([O])c1ccccn1. The van der Waals surface area contributed by atoms with Crippen LogP contribution in [0.25, 0.3) is 0 Å². The topological polar surface area (TPSA) is 42.0 Å². The molecule has 53 valence electrons. The molecule has 0 saturated heterocycles. The molecule has 1 heterocycles. The first kappa shape index (κ1) is 7.18. The standard InChI is InChI=1S/C7H8NO2/c1-10-7(9)6-4-2-3-5-8-6/h2-5,7H,1H3. The zero-order valence-corrected chi connectivity index (χ0v) is 5.65. The molecular formula is C7H8NO2. The van der Waals surface area contributed by atoms with E-state index >= 15 is 0 Å². The van der Waals surface area contributed by atoms with Crippen LogP contribution in [-0.2, 0) is 9.84 Å². The fourth-order valence-electron chi connectivity index (χ4n) is 0.636. The van der Waals surface area contributed by atoms with E-state index in [1.807, 2.05) is 0 Å². The van der Waals surface area contributed by atoms with Gasteiger partial charge in [0.15, 0.2) is 0 Å². The average Bonchev–Trinajstić information content (AvgIpc) is 2.05. The van der Waals surface area contributed by atoms with Gasteiger partial charge in [0.1, 0.15) is 0 Å². The largest absolute Gasteiger partial charge is 0.348 e. The maximum atomic E-state index is 10.8. The Morgan fingerprint density at radius 3 is 2.90 bits per heavy atom. The monoisotopic (exact) mass is 138 g/mol. The Balaban J connectivity index is 2.75. The predicted octanol–water partition coefficient (Wildman–Crippen LogP) is 1.16. The van der Waals surface area contributed by atoms with E-state index in [9.17, 15) is 5.11 Å². The van der Waals surface area contributed by atoms with Crippen LogP contribution in [0.3, 0.4) is 0 Å². The molecule has 0 fully saturated rings. The maximum absolute atomic E-state index is 10.8. The van der Waals surface area contributed by atoms with Crippen LogP contribution in [0, 0.1) is 0 Å². The number of ether oxygens (including phenoxy) is 1. The first-order valence-corrected chi connectivity index (χ1v) is 2.94. The van der Waals surface area contributed by atoms with E-state index in [2.05, 4.69) is 9.72 Å². The molecule has 0 aliphatic carbocycles. The Morgan fingerprint density at radius 1 is 1.60 bits per heavy atom. The summed E-state index contributed by atoms with van der Waals surface area (Å²) in [6, 6.07) is 5.15. The lowest BCUT2D eigenvalue weighted by molar-refractivity contribution is -0.126. The van der Waals surface area contributed by atoms with Gasteiger partial charge in [-0.1, -0.05) is 6.07 Å². The van der Waals surface area contributed by atoms with Gasteiger partial charge in [0.05, 0.1) is 5.69 Å². The summed E-state index contributed by atoms with van der Waals surface area (Å²) < 4.78 is 4.52. The third-order valence-electron chi connectivity index (χ3n) is 1.14. The molecule has 0 aromatic carbocycles. The summed E-state index contributed by atoms with van der Waals surface area (Å²) in [5.74, 6) is 0. The summed E-state index contributed by atoms with van der Waals surface area (Å²) >= 11 is 0. The fraction of sp³-hybridized carbons (Fsp3) is 0.286. The summed E-state index contributed by atoms with van der Waals surface area (Å²) in [5, 5.41) is 10.8. The lowest BCUT2D eigenvalue weighted by atomic mass is 10.3. The molecule has 0 amide bonds. The van der Waals surface area contributed by atoms with Crippen molar-refractivity contribution in [2.24, 2.45) is 0 Å². The van der Waals surface area contributed by atoms with Crippen molar-refractivity contribution in [3.8, 4) is 0 Å². The van der Waals surface area contributed by atoms with Gasteiger partial charge in [0.25, 0.3) is 0 Å². The molecule has 0 N–H and O–H groups in total. The van der Waals surface area contributed by atoms with E-state index in [0.717, 1.165) is 0 Å². The predicted molar refractivity (Wildman–Crippen MR) is 34.7 cm³/mol. The van der Waals surface area contributed by atoms with Crippen molar-refractivity contribution >= 4 is 0 Å². The zero-order valence-electron chi connectivity index (χ0n) is 5.65. The number of rotatable bonds is 2. The Kier molecular flexibility index (Phi) is 2.36. The molecular weight excluding hydrogens is 130 g/mol. The Labute approximate surface area is 59.3 Å². The number of hydrogen-bond acceptors (Lipinski definition) is 2. The van der Waals surface area contributed by atoms with Crippen molar-refractivity contribution in [1.29, 1.82) is 0 Å². The highest BCUT2D eigenvalue weighted by molar-refractivity contribution is 5.04. The van der Waals surface area contributed by atoms with Crippen LogP contribution in [-0.4, -0.2) is 12.1 Å². The van der Waals surface area contributed by atoms with Crippen LogP contribution in [0.5, 0.6) is 0 Å². The van der Waals surface area contributed by atoms with E-state index < -0.39 is 6.29 Å². The first-order chi connectivity index (χ1) is 4.84. The second-order valence-corrected chi connectivity index (χ2v) is 1.82. The summed E-state index contributed by atoms with van der Waals surface area (Å²) in [6.07, 6.45) is 0.417. The van der Waals surface area contributed by atoms with E-state index in [1.165, 1.54) is 7.11 Å². The van der Waals surface area contributed by atoms with Crippen molar-refractivity contribution < 1.29 is 9.84 Å². The van der Waals surface area contributed by atoms with Crippen LogP contribution in [0.4, 0.5) is 0 Å². The van der Waals surface area contributed by atoms with Crippen molar-refractivity contribution in [3.05, 3.63) is 30.1 Å². The van der Waals surface area contributed by atoms with Gasteiger partial charge < -0.3 is 4.74 Å². The van der Waals surface area contributed by atoms with Crippen LogP contribution in [0.2, 0.25) is 0 Å². The van der Waals surface area contributed by atoms with Gasteiger partial charge in [0, 0.05) is 13.3 Å². The molecule has 1 atom stereocenters. The third-order valence-corrected chi connectivity index (χ3v) is 1.14. The number of aromatic nitrogens is 1. The number of nitrogens with zero attached hydrogens (tertiary/aromatic N) is 1. The summed E-state index contributed by atoms with van der Waals surface area (Å²) in [5.41, 5.74) is 0.421. The number of hydrogen-bond donors (Lipinski definition) is 0. The van der Waals surface area contributed by atoms with E-state index in [0.29, 0.717) is 5.69 Å². The molecule has 0 saturated carbocycles. The summed E-state index contributed by atoms with van der Waals surface area (Å²) in [4.78, 5) is 3.81. The quantitative estimate of drug-likeness (QED) is 0.575. The van der Waals surface area contributed by atoms with Crippen molar-refractivity contribution in [3.63, 3.8) is 0 Å². The fourth-order valence-corrected chi connectivity index (χ4v) is 0.636. The van der Waals surface area contributed by atoms with Crippen molar-refractivity contribution in [1.82, 2.24) is 4.98 Å². The minimum atomic E-state index is -1.15. The van der Waals surface area contributed by atoms with E-state index in [1.54, 1.807) is 24.4 Å². The molecule has 0 aliphatic heterocycles.